The van der Waals surface area contributed by atoms with Crippen LogP contribution in [0.3, 0.4) is 0 Å². The summed E-state index contributed by atoms with van der Waals surface area (Å²) in [6.07, 6.45) is -4.29. The number of carboxylic acid groups (broad SMARTS) is 1. The molecule has 170 valence electrons. The van der Waals surface area contributed by atoms with E-state index in [-0.39, 0.29) is 14.8 Å². The number of benzene rings is 1. The molecule has 0 spiro atoms. The number of aliphatic carboxylic acids is 1. The second-order valence-corrected chi connectivity index (χ2v) is 10.4. The van der Waals surface area contributed by atoms with Crippen molar-refractivity contribution in [3.8, 4) is 10.6 Å². The molecule has 2 aromatic heterocycles. The standard InChI is InChI=1S/C20H17F3N2O5S2/c1-2-12-17(11-6-4-3-5-7-11)19(12,18(26)27)25-32(28,29)16-9-8-14(31-16)13-10-15(30-24-13)20(21,22)23/h3-10,12,17,25H,2H2,1H3,(H,26,27)/t12-,17+,19+/m1/s1. The monoisotopic (exact) mass is 486 g/mol. The molecule has 1 fully saturated rings. The van der Waals surface area contributed by atoms with E-state index in [4.69, 9.17) is 0 Å². The summed E-state index contributed by atoms with van der Waals surface area (Å²) in [6, 6.07) is 11.9. The fourth-order valence-electron chi connectivity index (χ4n) is 4.05. The lowest BCUT2D eigenvalue weighted by molar-refractivity contribution is -0.155. The SMILES string of the molecule is CC[C@@H]1[C@H](c2ccccc2)[C@]1(NS(=O)(=O)c1ccc(-c2cc(C(F)(F)F)on2)s1)C(=O)O. The highest BCUT2D eigenvalue weighted by atomic mass is 32.2. The molecule has 4 rings (SSSR count). The average Bonchev–Trinajstić information content (AvgIpc) is 3.13. The molecule has 0 radical (unpaired) electrons. The van der Waals surface area contributed by atoms with Crippen molar-refractivity contribution in [2.45, 2.75) is 35.2 Å². The normalized spacial score (nSPS) is 23.2. The molecule has 12 heteroatoms. The van der Waals surface area contributed by atoms with Crippen LogP contribution >= 0.6 is 11.3 Å². The summed E-state index contributed by atoms with van der Waals surface area (Å²) < 4.78 is 70.7. The molecule has 1 aliphatic rings. The molecule has 2 N–H and O–H groups in total. The van der Waals surface area contributed by atoms with E-state index >= 15 is 0 Å². The zero-order chi connectivity index (χ0) is 23.3. The van der Waals surface area contributed by atoms with Crippen LogP contribution in [0.1, 0.15) is 30.6 Å². The molecule has 0 aliphatic heterocycles. The number of thiophene rings is 1. The van der Waals surface area contributed by atoms with Gasteiger partial charge in [-0.15, -0.1) is 11.3 Å². The number of alkyl halides is 3. The Balaban J connectivity index is 1.64. The molecule has 32 heavy (non-hydrogen) atoms. The Labute approximate surface area is 184 Å². The lowest BCUT2D eigenvalue weighted by Gasteiger charge is -2.15. The number of halogens is 3. The number of carbonyl (C=O) groups is 1. The largest absolute Gasteiger partial charge is 0.480 e. The Morgan fingerprint density at radius 1 is 1.25 bits per heavy atom. The van der Waals surface area contributed by atoms with Crippen LogP contribution in [0, 0.1) is 5.92 Å². The fourth-order valence-corrected chi connectivity index (χ4v) is 6.73. The average molecular weight is 486 g/mol. The minimum absolute atomic E-state index is 0.136. The Kier molecular flexibility index (Phi) is 5.42. The van der Waals surface area contributed by atoms with Crippen molar-refractivity contribution < 1.29 is 36.0 Å². The Morgan fingerprint density at radius 2 is 1.94 bits per heavy atom. The third-order valence-corrected chi connectivity index (χ3v) is 8.60. The summed E-state index contributed by atoms with van der Waals surface area (Å²) in [5.74, 6) is -3.60. The maximum atomic E-state index is 13.1. The molecule has 3 aromatic rings. The maximum absolute atomic E-state index is 13.1. The Hall–Kier alpha value is -2.70. The summed E-state index contributed by atoms with van der Waals surface area (Å²) in [5.41, 5.74) is -1.17. The highest BCUT2D eigenvalue weighted by Gasteiger charge is 2.71. The molecule has 1 saturated carbocycles. The molecule has 3 atom stereocenters. The minimum Gasteiger partial charge on any atom is -0.480 e. The van der Waals surface area contributed by atoms with Crippen molar-refractivity contribution in [1.29, 1.82) is 0 Å². The highest BCUT2D eigenvalue weighted by molar-refractivity contribution is 7.91. The van der Waals surface area contributed by atoms with Gasteiger partial charge >= 0.3 is 12.1 Å². The van der Waals surface area contributed by atoms with Gasteiger partial charge in [-0.3, -0.25) is 4.79 Å². The Bertz CT molecular complexity index is 1250. The van der Waals surface area contributed by atoms with Crippen molar-refractivity contribution in [2.24, 2.45) is 5.92 Å². The number of nitrogens with one attached hydrogen (secondary N) is 1. The third-order valence-electron chi connectivity index (χ3n) is 5.51. The molecule has 0 amide bonds. The van der Waals surface area contributed by atoms with Crippen LogP contribution in [-0.4, -0.2) is 30.2 Å². The van der Waals surface area contributed by atoms with Gasteiger partial charge < -0.3 is 9.63 Å². The fraction of sp³-hybridized carbons (Fsp3) is 0.300. The second-order valence-electron chi connectivity index (χ2n) is 7.38. The molecular formula is C20H17F3N2O5S2. The zero-order valence-electron chi connectivity index (χ0n) is 16.5. The molecule has 1 aliphatic carbocycles. The first kappa shape index (κ1) is 22.5. The first-order chi connectivity index (χ1) is 15.0. The first-order valence-corrected chi connectivity index (χ1v) is 11.8. The summed E-state index contributed by atoms with van der Waals surface area (Å²) in [7, 11) is -4.29. The van der Waals surface area contributed by atoms with Gasteiger partial charge in [0.2, 0.25) is 5.76 Å². The van der Waals surface area contributed by atoms with Crippen molar-refractivity contribution in [3.63, 3.8) is 0 Å². The minimum atomic E-state index is -4.72. The molecule has 0 saturated heterocycles. The van der Waals surface area contributed by atoms with E-state index in [0.717, 1.165) is 0 Å². The van der Waals surface area contributed by atoms with Crippen LogP contribution in [0.2, 0.25) is 0 Å². The van der Waals surface area contributed by atoms with Crippen LogP contribution in [0.5, 0.6) is 0 Å². The van der Waals surface area contributed by atoms with E-state index < -0.39 is 45.3 Å². The van der Waals surface area contributed by atoms with Gasteiger partial charge in [-0.05, 0) is 23.6 Å². The van der Waals surface area contributed by atoms with E-state index in [0.29, 0.717) is 29.4 Å². The van der Waals surface area contributed by atoms with Crippen LogP contribution in [-0.2, 0) is 21.0 Å². The number of hydrogen-bond acceptors (Lipinski definition) is 6. The summed E-state index contributed by atoms with van der Waals surface area (Å²) >= 11 is 0.670. The number of carboxylic acids is 1. The van der Waals surface area contributed by atoms with E-state index in [1.165, 1.54) is 12.1 Å². The number of rotatable bonds is 7. The molecule has 2 heterocycles. The van der Waals surface area contributed by atoms with Gasteiger partial charge in [-0.2, -0.15) is 17.9 Å². The smallest absolute Gasteiger partial charge is 0.452 e. The number of nitrogens with zero attached hydrogens (tertiary/aromatic N) is 1. The first-order valence-electron chi connectivity index (χ1n) is 9.47. The van der Waals surface area contributed by atoms with Gasteiger partial charge in [-0.25, -0.2) is 8.42 Å². The van der Waals surface area contributed by atoms with Gasteiger partial charge in [0.25, 0.3) is 10.0 Å². The zero-order valence-corrected chi connectivity index (χ0v) is 18.1. The highest BCUT2D eigenvalue weighted by Crippen LogP contribution is 2.60. The number of hydrogen-bond donors (Lipinski definition) is 2. The molecule has 7 nitrogen and oxygen atoms in total. The lowest BCUT2D eigenvalue weighted by atomic mass is 10.1. The third kappa shape index (κ3) is 3.71. The predicted molar refractivity (Wildman–Crippen MR) is 108 cm³/mol. The van der Waals surface area contributed by atoms with Gasteiger partial charge in [0.1, 0.15) is 15.4 Å². The summed E-state index contributed by atoms with van der Waals surface area (Å²) in [6.45, 7) is 1.78. The van der Waals surface area contributed by atoms with Gasteiger partial charge in [0, 0.05) is 12.0 Å². The van der Waals surface area contributed by atoms with Gasteiger partial charge in [-0.1, -0.05) is 48.8 Å². The van der Waals surface area contributed by atoms with Gasteiger partial charge in [0.15, 0.2) is 0 Å². The number of aromatic nitrogens is 1. The molecule has 0 bridgehead atoms. The topological polar surface area (TPSA) is 110 Å². The summed E-state index contributed by atoms with van der Waals surface area (Å²) in [5, 5.41) is 13.3. The van der Waals surface area contributed by atoms with Gasteiger partial charge in [0.05, 0.1) is 4.88 Å². The molecular weight excluding hydrogens is 469 g/mol. The van der Waals surface area contributed by atoms with E-state index in [1.807, 2.05) is 0 Å². The summed E-state index contributed by atoms with van der Waals surface area (Å²) in [4.78, 5) is 12.4. The molecule has 0 unspecified atom stereocenters. The van der Waals surface area contributed by atoms with Crippen molar-refractivity contribution in [3.05, 3.63) is 59.9 Å². The van der Waals surface area contributed by atoms with Crippen LogP contribution in [0.4, 0.5) is 13.2 Å². The lowest BCUT2D eigenvalue weighted by Crippen LogP contribution is -2.45. The van der Waals surface area contributed by atoms with E-state index in [1.54, 1.807) is 37.3 Å². The van der Waals surface area contributed by atoms with Crippen LogP contribution in [0.25, 0.3) is 10.6 Å². The van der Waals surface area contributed by atoms with Crippen molar-refractivity contribution in [2.75, 3.05) is 0 Å². The van der Waals surface area contributed by atoms with Crippen LogP contribution < -0.4 is 4.72 Å². The van der Waals surface area contributed by atoms with Crippen molar-refractivity contribution >= 4 is 27.3 Å². The molecule has 1 aromatic carbocycles. The second kappa shape index (κ2) is 7.71. The Morgan fingerprint density at radius 3 is 2.50 bits per heavy atom. The van der Waals surface area contributed by atoms with E-state index in [9.17, 15) is 31.5 Å². The quantitative estimate of drug-likeness (QED) is 0.514. The van der Waals surface area contributed by atoms with E-state index in [2.05, 4.69) is 14.4 Å². The van der Waals surface area contributed by atoms with Crippen LogP contribution in [0.15, 0.2) is 57.3 Å². The number of sulfonamides is 1. The predicted octanol–water partition coefficient (Wildman–Crippen LogP) is 4.35. The van der Waals surface area contributed by atoms with Crippen molar-refractivity contribution in [1.82, 2.24) is 9.88 Å². The maximum Gasteiger partial charge on any atom is 0.452 e.